The number of aromatic nitrogens is 2. The van der Waals surface area contributed by atoms with Gasteiger partial charge in [0.25, 0.3) is 5.91 Å². The van der Waals surface area contributed by atoms with Crippen molar-refractivity contribution in [3.63, 3.8) is 0 Å². The molecule has 0 atom stereocenters. The highest BCUT2D eigenvalue weighted by atomic mass is 16.5. The fraction of sp³-hybridized carbons (Fsp3) is 0.227. The van der Waals surface area contributed by atoms with Crippen LogP contribution >= 0.6 is 0 Å². The van der Waals surface area contributed by atoms with Crippen molar-refractivity contribution in [1.82, 2.24) is 9.97 Å². The summed E-state index contributed by atoms with van der Waals surface area (Å²) in [7, 11) is 1.58. The average molecular weight is 376 g/mol. The van der Waals surface area contributed by atoms with Crippen LogP contribution in [-0.2, 0) is 5.41 Å². The lowest BCUT2D eigenvalue weighted by molar-refractivity contribution is 0.102. The molecule has 3 aromatic rings. The Labute approximate surface area is 165 Å². The minimum absolute atomic E-state index is 0.0246. The molecule has 6 nitrogen and oxygen atoms in total. The number of hydrogen-bond acceptors (Lipinski definition) is 5. The third-order valence-electron chi connectivity index (χ3n) is 4.23. The Kier molecular flexibility index (Phi) is 5.59. The van der Waals surface area contributed by atoms with E-state index in [2.05, 4.69) is 47.4 Å². The predicted octanol–water partition coefficient (Wildman–Crippen LogP) is 4.78. The Hall–Kier alpha value is -3.41. The summed E-state index contributed by atoms with van der Waals surface area (Å²) < 4.78 is 5.18. The van der Waals surface area contributed by atoms with Gasteiger partial charge in [-0.2, -0.15) is 0 Å². The fourth-order valence-electron chi connectivity index (χ4n) is 2.83. The van der Waals surface area contributed by atoms with Gasteiger partial charge in [0, 0.05) is 23.5 Å². The molecular formula is C22H24N4O2. The highest BCUT2D eigenvalue weighted by Crippen LogP contribution is 2.30. The van der Waals surface area contributed by atoms with Gasteiger partial charge in [-0.15, -0.1) is 0 Å². The lowest BCUT2D eigenvalue weighted by Crippen LogP contribution is -2.15. The second kappa shape index (κ2) is 8.08. The van der Waals surface area contributed by atoms with Gasteiger partial charge >= 0.3 is 0 Å². The molecule has 28 heavy (non-hydrogen) atoms. The maximum Gasteiger partial charge on any atom is 0.274 e. The monoisotopic (exact) mass is 376 g/mol. The van der Waals surface area contributed by atoms with Gasteiger partial charge < -0.3 is 15.4 Å². The summed E-state index contributed by atoms with van der Waals surface area (Å²) in [5.74, 6) is 0.909. The third-order valence-corrected chi connectivity index (χ3v) is 4.23. The summed E-state index contributed by atoms with van der Waals surface area (Å²) in [5, 5.41) is 6.13. The molecule has 2 N–H and O–H groups in total. The lowest BCUT2D eigenvalue weighted by Gasteiger charge is -2.23. The molecular weight excluding hydrogens is 352 g/mol. The lowest BCUT2D eigenvalue weighted by atomic mass is 9.86. The van der Waals surface area contributed by atoms with Gasteiger partial charge in [0.05, 0.1) is 7.11 Å². The van der Waals surface area contributed by atoms with E-state index in [0.717, 1.165) is 11.3 Å². The second-order valence-corrected chi connectivity index (χ2v) is 7.40. The van der Waals surface area contributed by atoms with E-state index in [1.165, 1.54) is 6.33 Å². The quantitative estimate of drug-likeness (QED) is 0.670. The maximum absolute atomic E-state index is 12.6. The number of nitrogens with one attached hydrogen (secondary N) is 2. The molecule has 0 fully saturated rings. The van der Waals surface area contributed by atoms with Crippen molar-refractivity contribution in [2.45, 2.75) is 26.2 Å². The highest BCUT2D eigenvalue weighted by molar-refractivity contribution is 6.03. The van der Waals surface area contributed by atoms with Crippen LogP contribution in [0.1, 0.15) is 36.8 Å². The van der Waals surface area contributed by atoms with E-state index in [4.69, 9.17) is 4.74 Å². The highest BCUT2D eigenvalue weighted by Gasteiger charge is 2.18. The van der Waals surface area contributed by atoms with Crippen molar-refractivity contribution in [3.8, 4) is 5.75 Å². The Morgan fingerprint density at radius 2 is 1.79 bits per heavy atom. The molecule has 0 unspecified atom stereocenters. The van der Waals surface area contributed by atoms with E-state index in [1.54, 1.807) is 25.3 Å². The molecule has 0 saturated heterocycles. The second-order valence-electron chi connectivity index (χ2n) is 7.40. The first kappa shape index (κ1) is 19.4. The summed E-state index contributed by atoms with van der Waals surface area (Å²) in [6.45, 7) is 6.46. The first-order chi connectivity index (χ1) is 13.4. The van der Waals surface area contributed by atoms with E-state index in [-0.39, 0.29) is 17.0 Å². The van der Waals surface area contributed by atoms with Crippen LogP contribution < -0.4 is 15.4 Å². The van der Waals surface area contributed by atoms with Crippen LogP contribution in [0.15, 0.2) is 60.9 Å². The first-order valence-electron chi connectivity index (χ1n) is 9.01. The van der Waals surface area contributed by atoms with E-state index in [0.29, 0.717) is 17.3 Å². The van der Waals surface area contributed by atoms with Crippen LogP contribution in [0.5, 0.6) is 5.75 Å². The van der Waals surface area contributed by atoms with Gasteiger partial charge in [0.15, 0.2) is 0 Å². The number of benzene rings is 2. The number of carbonyl (C=O) groups excluding carboxylic acids is 1. The number of para-hydroxylation sites is 1. The summed E-state index contributed by atoms with van der Waals surface area (Å²) in [5.41, 5.74) is 3.00. The largest absolute Gasteiger partial charge is 0.497 e. The van der Waals surface area contributed by atoms with Crippen LogP contribution in [0.2, 0.25) is 0 Å². The molecule has 1 amide bonds. The number of amides is 1. The molecule has 2 aromatic carbocycles. The zero-order valence-electron chi connectivity index (χ0n) is 16.5. The van der Waals surface area contributed by atoms with Crippen molar-refractivity contribution >= 4 is 23.1 Å². The van der Waals surface area contributed by atoms with E-state index in [1.807, 2.05) is 30.3 Å². The van der Waals surface area contributed by atoms with Crippen LogP contribution in [0.3, 0.4) is 0 Å². The Morgan fingerprint density at radius 3 is 2.54 bits per heavy atom. The number of nitrogens with zero attached hydrogens (tertiary/aromatic N) is 2. The molecule has 0 saturated carbocycles. The third kappa shape index (κ3) is 4.65. The molecule has 1 heterocycles. The fourth-order valence-corrected chi connectivity index (χ4v) is 2.83. The zero-order valence-corrected chi connectivity index (χ0v) is 16.5. The standard InChI is InChI=1S/C22H24N4O2/c1-22(2,3)17-10-5-6-11-18(17)26-20-13-19(23-14-24-20)21(27)25-15-8-7-9-16(12-15)28-4/h5-14H,1-4H3,(H,25,27)(H,23,24,26). The van der Waals surface area contributed by atoms with E-state index < -0.39 is 0 Å². The molecule has 144 valence electrons. The molecule has 0 radical (unpaired) electrons. The van der Waals surface area contributed by atoms with Crippen LogP contribution in [0.4, 0.5) is 17.2 Å². The first-order valence-corrected chi connectivity index (χ1v) is 9.01. The number of methoxy groups -OCH3 is 1. The molecule has 1 aromatic heterocycles. The number of carbonyl (C=O) groups is 1. The van der Waals surface area contributed by atoms with Crippen molar-refractivity contribution in [2.24, 2.45) is 0 Å². The number of ether oxygens (including phenoxy) is 1. The van der Waals surface area contributed by atoms with Crippen molar-refractivity contribution < 1.29 is 9.53 Å². The normalized spacial score (nSPS) is 11.0. The summed E-state index contributed by atoms with van der Waals surface area (Å²) >= 11 is 0. The Balaban J connectivity index is 1.80. The molecule has 3 rings (SSSR count). The summed E-state index contributed by atoms with van der Waals surface area (Å²) in [4.78, 5) is 20.9. The summed E-state index contributed by atoms with van der Waals surface area (Å²) in [6, 6.07) is 16.9. The van der Waals surface area contributed by atoms with Gasteiger partial charge in [0.1, 0.15) is 23.6 Å². The smallest absolute Gasteiger partial charge is 0.274 e. The van der Waals surface area contributed by atoms with E-state index in [9.17, 15) is 4.79 Å². The van der Waals surface area contributed by atoms with Crippen molar-refractivity contribution in [1.29, 1.82) is 0 Å². The summed E-state index contributed by atoms with van der Waals surface area (Å²) in [6.07, 6.45) is 1.38. The molecule has 0 bridgehead atoms. The molecule has 0 aliphatic heterocycles. The van der Waals surface area contributed by atoms with Gasteiger partial charge in [-0.3, -0.25) is 4.79 Å². The number of rotatable bonds is 5. The van der Waals surface area contributed by atoms with E-state index >= 15 is 0 Å². The van der Waals surface area contributed by atoms with Crippen molar-refractivity contribution in [3.05, 3.63) is 72.2 Å². The molecule has 0 aliphatic rings. The molecule has 6 heteroatoms. The number of hydrogen-bond donors (Lipinski definition) is 2. The van der Waals surface area contributed by atoms with Gasteiger partial charge in [-0.25, -0.2) is 9.97 Å². The molecule has 0 aliphatic carbocycles. The van der Waals surface area contributed by atoms with Gasteiger partial charge in [-0.05, 0) is 29.2 Å². The topological polar surface area (TPSA) is 76.1 Å². The minimum Gasteiger partial charge on any atom is -0.497 e. The van der Waals surface area contributed by atoms with Crippen LogP contribution in [0, 0.1) is 0 Å². The predicted molar refractivity (Wildman–Crippen MR) is 111 cm³/mol. The van der Waals surface area contributed by atoms with Gasteiger partial charge in [0.2, 0.25) is 0 Å². The van der Waals surface area contributed by atoms with Crippen LogP contribution in [-0.4, -0.2) is 23.0 Å². The Bertz CT molecular complexity index is 980. The Morgan fingerprint density at radius 1 is 1.00 bits per heavy atom. The maximum atomic E-state index is 12.6. The van der Waals surface area contributed by atoms with Crippen LogP contribution in [0.25, 0.3) is 0 Å². The minimum atomic E-state index is -0.317. The van der Waals surface area contributed by atoms with Gasteiger partial charge in [-0.1, -0.05) is 45.0 Å². The number of anilines is 3. The zero-order chi connectivity index (χ0) is 20.1. The molecule has 0 spiro atoms. The van der Waals surface area contributed by atoms with Crippen molar-refractivity contribution in [2.75, 3.05) is 17.7 Å². The SMILES string of the molecule is COc1cccc(NC(=O)c2cc(Nc3ccccc3C(C)(C)C)ncn2)c1. The average Bonchev–Trinajstić information content (AvgIpc) is 2.68.